The highest BCUT2D eigenvalue weighted by atomic mass is 32.2. The van der Waals surface area contributed by atoms with E-state index in [1.54, 1.807) is 7.05 Å². The van der Waals surface area contributed by atoms with Crippen LogP contribution in [0.25, 0.3) is 0 Å². The summed E-state index contributed by atoms with van der Waals surface area (Å²) in [6.07, 6.45) is 0.0706. The van der Waals surface area contributed by atoms with Gasteiger partial charge < -0.3 is 4.74 Å². The molecule has 1 fully saturated rings. The fourth-order valence-corrected chi connectivity index (χ4v) is 5.33. The van der Waals surface area contributed by atoms with Crippen molar-refractivity contribution >= 4 is 46.0 Å². The van der Waals surface area contributed by atoms with Crippen molar-refractivity contribution in [2.45, 2.75) is 18.3 Å². The largest absolute Gasteiger partial charge is 0.465 e. The number of amides is 2. The highest BCUT2D eigenvalue weighted by molar-refractivity contribution is 8.06. The van der Waals surface area contributed by atoms with Gasteiger partial charge in [0.05, 0.1) is 12.4 Å². The van der Waals surface area contributed by atoms with Gasteiger partial charge in [-0.05, 0) is 18.3 Å². The topological polar surface area (TPSA) is 67.8 Å². The van der Waals surface area contributed by atoms with Crippen molar-refractivity contribution in [3.63, 3.8) is 0 Å². The molecule has 124 valence electrons. The van der Waals surface area contributed by atoms with E-state index in [0.29, 0.717) is 15.6 Å². The third kappa shape index (κ3) is 4.40. The van der Waals surface area contributed by atoms with E-state index in [9.17, 15) is 4.79 Å². The van der Waals surface area contributed by atoms with Crippen LogP contribution < -0.4 is 9.64 Å². The molecule has 0 aliphatic carbocycles. The zero-order valence-corrected chi connectivity index (χ0v) is 15.5. The highest BCUT2D eigenvalue weighted by Gasteiger charge is 2.25. The Morgan fingerprint density at radius 3 is 2.77 bits per heavy atom. The van der Waals surface area contributed by atoms with E-state index in [0.717, 1.165) is 16.6 Å². The standard InChI is InChI=1S/C12H20N4O3S3/c1-8(9-7-20-5-6-21-9)19-11-14-13-10(22-11)15(2)12(17)16(3)18-4/h8-9H,5-7H2,1-4H3. The number of anilines is 1. The highest BCUT2D eigenvalue weighted by Crippen LogP contribution is 2.31. The molecule has 0 bridgehead atoms. The molecule has 0 aromatic carbocycles. The van der Waals surface area contributed by atoms with Crippen LogP contribution in [0.4, 0.5) is 9.93 Å². The summed E-state index contributed by atoms with van der Waals surface area (Å²) >= 11 is 5.15. The molecule has 0 N–H and O–H groups in total. The summed E-state index contributed by atoms with van der Waals surface area (Å²) < 4.78 is 5.88. The Kier molecular flexibility index (Phi) is 6.60. The first kappa shape index (κ1) is 17.6. The minimum Gasteiger partial charge on any atom is -0.465 e. The van der Waals surface area contributed by atoms with Crippen LogP contribution >= 0.6 is 34.9 Å². The predicted molar refractivity (Wildman–Crippen MR) is 92.1 cm³/mol. The van der Waals surface area contributed by atoms with Crippen molar-refractivity contribution in [2.75, 3.05) is 43.4 Å². The number of ether oxygens (including phenoxy) is 1. The second-order valence-electron chi connectivity index (χ2n) is 4.68. The van der Waals surface area contributed by atoms with Crippen LogP contribution in [0.1, 0.15) is 6.92 Å². The van der Waals surface area contributed by atoms with Gasteiger partial charge in [0.25, 0.3) is 5.19 Å². The number of rotatable bonds is 5. The molecule has 22 heavy (non-hydrogen) atoms. The van der Waals surface area contributed by atoms with Crippen LogP contribution in [0.5, 0.6) is 5.19 Å². The lowest BCUT2D eigenvalue weighted by Gasteiger charge is -2.26. The smallest absolute Gasteiger partial charge is 0.349 e. The second-order valence-corrected chi connectivity index (χ2v) is 8.09. The zero-order chi connectivity index (χ0) is 16.1. The van der Waals surface area contributed by atoms with Gasteiger partial charge in [-0.25, -0.2) is 9.86 Å². The Morgan fingerprint density at radius 1 is 1.36 bits per heavy atom. The number of aromatic nitrogens is 2. The van der Waals surface area contributed by atoms with Crippen molar-refractivity contribution < 1.29 is 14.4 Å². The molecule has 7 nitrogen and oxygen atoms in total. The lowest BCUT2D eigenvalue weighted by molar-refractivity contribution is -0.0619. The normalized spacial score (nSPS) is 19.5. The van der Waals surface area contributed by atoms with Gasteiger partial charge >= 0.3 is 6.03 Å². The Morgan fingerprint density at radius 2 is 2.14 bits per heavy atom. The Hall–Kier alpha value is -0.710. The summed E-state index contributed by atoms with van der Waals surface area (Å²) in [5.41, 5.74) is 0. The fraction of sp³-hybridized carbons (Fsp3) is 0.750. The quantitative estimate of drug-likeness (QED) is 0.742. The molecule has 2 rings (SSSR count). The van der Waals surface area contributed by atoms with E-state index < -0.39 is 0 Å². The maximum atomic E-state index is 12.0. The number of hydrogen-bond acceptors (Lipinski definition) is 8. The summed E-state index contributed by atoms with van der Waals surface area (Å²) in [6, 6.07) is -0.322. The summed E-state index contributed by atoms with van der Waals surface area (Å²) in [5, 5.41) is 10.6. The first-order valence-electron chi connectivity index (χ1n) is 6.78. The molecular formula is C12H20N4O3S3. The monoisotopic (exact) mass is 364 g/mol. The van der Waals surface area contributed by atoms with E-state index in [-0.39, 0.29) is 12.1 Å². The average Bonchev–Trinajstić information content (AvgIpc) is 3.01. The Labute approximate surface area is 142 Å². The van der Waals surface area contributed by atoms with Crippen LogP contribution in [0, 0.1) is 0 Å². The summed E-state index contributed by atoms with van der Waals surface area (Å²) in [6.45, 7) is 2.05. The van der Waals surface area contributed by atoms with E-state index in [1.165, 1.54) is 36.1 Å². The van der Waals surface area contributed by atoms with Crippen molar-refractivity contribution in [2.24, 2.45) is 0 Å². The molecule has 1 aliphatic heterocycles. The number of nitrogens with zero attached hydrogens (tertiary/aromatic N) is 4. The molecule has 1 aromatic rings. The molecule has 2 amide bonds. The number of hydroxylamine groups is 2. The molecule has 2 atom stereocenters. The van der Waals surface area contributed by atoms with Crippen molar-refractivity contribution in [3.05, 3.63) is 0 Å². The number of hydrogen-bond donors (Lipinski definition) is 0. The number of thioether (sulfide) groups is 2. The fourth-order valence-electron chi connectivity index (χ4n) is 1.77. The zero-order valence-electron chi connectivity index (χ0n) is 13.0. The van der Waals surface area contributed by atoms with Crippen LogP contribution in [0.2, 0.25) is 0 Å². The van der Waals surface area contributed by atoms with Crippen molar-refractivity contribution in [3.8, 4) is 5.19 Å². The number of carbonyl (C=O) groups is 1. The lowest BCUT2D eigenvalue weighted by Crippen LogP contribution is -2.38. The number of carbonyl (C=O) groups excluding carboxylic acids is 1. The molecule has 0 radical (unpaired) electrons. The number of urea groups is 1. The maximum absolute atomic E-state index is 12.0. The van der Waals surface area contributed by atoms with E-state index in [4.69, 9.17) is 9.57 Å². The molecule has 2 unspecified atom stereocenters. The minimum absolute atomic E-state index is 0.0706. The SMILES string of the molecule is CON(C)C(=O)N(C)c1nnc(OC(C)C2CSCCS2)s1. The van der Waals surface area contributed by atoms with Gasteiger partial charge in [-0.1, -0.05) is 5.10 Å². The van der Waals surface area contributed by atoms with Crippen LogP contribution in [-0.2, 0) is 4.84 Å². The van der Waals surface area contributed by atoms with Gasteiger partial charge in [0.2, 0.25) is 5.13 Å². The van der Waals surface area contributed by atoms with E-state index >= 15 is 0 Å². The molecule has 1 aromatic heterocycles. The van der Waals surface area contributed by atoms with Crippen LogP contribution in [0.3, 0.4) is 0 Å². The van der Waals surface area contributed by atoms with Crippen molar-refractivity contribution in [1.82, 2.24) is 15.3 Å². The van der Waals surface area contributed by atoms with E-state index in [1.807, 2.05) is 23.5 Å². The molecular weight excluding hydrogens is 344 g/mol. The third-order valence-corrected chi connectivity index (χ3v) is 7.03. The average molecular weight is 365 g/mol. The molecule has 0 saturated carbocycles. The second kappa shape index (κ2) is 8.23. The first-order valence-corrected chi connectivity index (χ1v) is 9.80. The van der Waals surface area contributed by atoms with Gasteiger partial charge in [-0.2, -0.15) is 23.5 Å². The van der Waals surface area contributed by atoms with Gasteiger partial charge in [-0.15, -0.1) is 5.10 Å². The van der Waals surface area contributed by atoms with Gasteiger partial charge in [-0.3, -0.25) is 9.74 Å². The summed E-state index contributed by atoms with van der Waals surface area (Å²) in [7, 11) is 4.60. The molecule has 2 heterocycles. The van der Waals surface area contributed by atoms with Gasteiger partial charge in [0.15, 0.2) is 0 Å². The summed E-state index contributed by atoms with van der Waals surface area (Å²) in [4.78, 5) is 18.2. The Bertz CT molecular complexity index is 496. The molecule has 0 spiro atoms. The lowest BCUT2D eigenvalue weighted by atomic mass is 10.3. The Balaban J connectivity index is 1.94. The van der Waals surface area contributed by atoms with E-state index in [2.05, 4.69) is 17.1 Å². The van der Waals surface area contributed by atoms with Crippen LogP contribution in [-0.4, -0.2) is 71.1 Å². The van der Waals surface area contributed by atoms with Crippen LogP contribution in [0.15, 0.2) is 0 Å². The molecule has 10 heteroatoms. The van der Waals surface area contributed by atoms with Crippen molar-refractivity contribution in [1.29, 1.82) is 0 Å². The molecule has 1 aliphatic rings. The third-order valence-electron chi connectivity index (χ3n) is 3.16. The van der Waals surface area contributed by atoms with Gasteiger partial charge in [0, 0.05) is 31.4 Å². The van der Waals surface area contributed by atoms with Gasteiger partial charge in [0.1, 0.15) is 6.10 Å². The minimum atomic E-state index is -0.322. The predicted octanol–water partition coefficient (Wildman–Crippen LogP) is 2.20. The first-order chi connectivity index (χ1) is 10.5. The maximum Gasteiger partial charge on any atom is 0.349 e. The molecule has 1 saturated heterocycles. The summed E-state index contributed by atoms with van der Waals surface area (Å²) in [5.74, 6) is 3.45.